The summed E-state index contributed by atoms with van der Waals surface area (Å²) in [5.74, 6) is -1.17. The molecule has 2 aromatic rings. The lowest BCUT2D eigenvalue weighted by atomic mass is 9.92. The van der Waals surface area contributed by atoms with Gasteiger partial charge in [-0.15, -0.1) is 0 Å². The van der Waals surface area contributed by atoms with Crippen molar-refractivity contribution in [2.45, 2.75) is 33.2 Å². The highest BCUT2D eigenvalue weighted by Crippen LogP contribution is 2.35. The van der Waals surface area contributed by atoms with Crippen molar-refractivity contribution in [3.05, 3.63) is 63.6 Å². The third kappa shape index (κ3) is 4.64. The topological polar surface area (TPSA) is 95.6 Å². The Morgan fingerprint density at radius 1 is 1.06 bits per heavy atom. The van der Waals surface area contributed by atoms with E-state index in [-0.39, 0.29) is 10.9 Å². The molecule has 1 aliphatic rings. The van der Waals surface area contributed by atoms with Crippen LogP contribution < -0.4 is 10.6 Å². The second-order valence-corrected chi connectivity index (χ2v) is 9.62. The van der Waals surface area contributed by atoms with Gasteiger partial charge in [0.1, 0.15) is 5.54 Å². The zero-order valence-electron chi connectivity index (χ0n) is 18.1. The number of benzene rings is 2. The monoisotopic (exact) mass is 475 g/mol. The zero-order chi connectivity index (χ0) is 23.8. The van der Waals surface area contributed by atoms with Gasteiger partial charge in [0.15, 0.2) is 5.78 Å². The van der Waals surface area contributed by atoms with Gasteiger partial charge in [-0.3, -0.25) is 19.3 Å². The molecule has 0 saturated carbocycles. The maximum Gasteiger partial charge on any atom is 0.325 e. The number of ketones is 1. The van der Waals surface area contributed by atoms with Crippen molar-refractivity contribution in [3.8, 4) is 0 Å². The number of anilines is 1. The first-order valence-electron chi connectivity index (χ1n) is 9.87. The molecule has 0 unspecified atom stereocenters. The van der Waals surface area contributed by atoms with Crippen molar-refractivity contribution >= 4 is 52.5 Å². The van der Waals surface area contributed by atoms with Crippen molar-refractivity contribution in [1.29, 1.82) is 0 Å². The third-order valence-corrected chi connectivity index (χ3v) is 5.74. The smallest absolute Gasteiger partial charge is 0.325 e. The summed E-state index contributed by atoms with van der Waals surface area (Å²) in [5.41, 5.74) is -0.743. The number of urea groups is 1. The van der Waals surface area contributed by atoms with Gasteiger partial charge in [-0.25, -0.2) is 4.79 Å². The maximum atomic E-state index is 13.1. The number of halogens is 2. The van der Waals surface area contributed by atoms with Crippen LogP contribution in [0.3, 0.4) is 0 Å². The van der Waals surface area contributed by atoms with Gasteiger partial charge in [0.2, 0.25) is 5.91 Å². The minimum Gasteiger partial charge on any atom is -0.326 e. The third-order valence-electron chi connectivity index (χ3n) is 5.19. The molecule has 32 heavy (non-hydrogen) atoms. The van der Waals surface area contributed by atoms with Gasteiger partial charge in [0.25, 0.3) is 5.91 Å². The van der Waals surface area contributed by atoms with Gasteiger partial charge in [-0.2, -0.15) is 0 Å². The van der Waals surface area contributed by atoms with Crippen molar-refractivity contribution in [2.75, 3.05) is 11.9 Å². The van der Waals surface area contributed by atoms with Crippen LogP contribution in [0.5, 0.6) is 0 Å². The summed E-state index contributed by atoms with van der Waals surface area (Å²) < 4.78 is 0. The van der Waals surface area contributed by atoms with Crippen molar-refractivity contribution in [1.82, 2.24) is 10.2 Å². The Morgan fingerprint density at radius 2 is 1.69 bits per heavy atom. The second kappa shape index (κ2) is 8.56. The number of nitrogens with zero attached hydrogens (tertiary/aromatic N) is 1. The Kier molecular flexibility index (Phi) is 6.36. The first kappa shape index (κ1) is 23.8. The first-order valence-corrected chi connectivity index (χ1v) is 10.6. The minimum absolute atomic E-state index is 0.156. The van der Waals surface area contributed by atoms with Gasteiger partial charge in [0, 0.05) is 32.3 Å². The van der Waals surface area contributed by atoms with Gasteiger partial charge < -0.3 is 10.6 Å². The van der Waals surface area contributed by atoms with E-state index in [1.807, 2.05) is 0 Å². The van der Waals surface area contributed by atoms with E-state index < -0.39 is 35.2 Å². The molecule has 1 fully saturated rings. The van der Waals surface area contributed by atoms with Crippen LogP contribution in [-0.2, 0) is 15.1 Å². The molecule has 1 atom stereocenters. The van der Waals surface area contributed by atoms with E-state index in [0.29, 0.717) is 21.8 Å². The minimum atomic E-state index is -1.42. The number of imide groups is 1. The van der Waals surface area contributed by atoms with Crippen LogP contribution in [0.1, 0.15) is 43.6 Å². The number of hydrogen-bond acceptors (Lipinski definition) is 4. The molecule has 2 N–H and O–H groups in total. The predicted molar refractivity (Wildman–Crippen MR) is 123 cm³/mol. The van der Waals surface area contributed by atoms with Crippen LogP contribution in [0, 0.1) is 5.41 Å². The summed E-state index contributed by atoms with van der Waals surface area (Å²) in [6, 6.07) is 10.2. The SMILES string of the molecule is CC(C)(C)C(=O)Nc1ccc(C(=O)CN2C(=O)N[C@](C)(c3ccc(Cl)cc3Cl)C2=O)cc1. The van der Waals surface area contributed by atoms with Crippen molar-refractivity contribution in [3.63, 3.8) is 0 Å². The molecule has 0 aromatic heterocycles. The fraction of sp³-hybridized carbons (Fsp3) is 0.304. The molecule has 3 rings (SSSR count). The number of hydrogen-bond donors (Lipinski definition) is 2. The number of rotatable bonds is 5. The van der Waals surface area contributed by atoms with Gasteiger partial charge in [-0.1, -0.05) is 50.0 Å². The van der Waals surface area contributed by atoms with Crippen LogP contribution in [0.15, 0.2) is 42.5 Å². The molecule has 1 aliphatic heterocycles. The van der Waals surface area contributed by atoms with E-state index in [0.717, 1.165) is 4.90 Å². The molecule has 0 aliphatic carbocycles. The number of carbonyl (C=O) groups excluding carboxylic acids is 4. The van der Waals surface area contributed by atoms with Gasteiger partial charge in [-0.05, 0) is 43.3 Å². The molecule has 1 saturated heterocycles. The normalized spacial score (nSPS) is 18.5. The lowest BCUT2D eigenvalue weighted by molar-refractivity contribution is -0.130. The fourth-order valence-corrected chi connectivity index (χ4v) is 3.81. The fourth-order valence-electron chi connectivity index (χ4n) is 3.21. The summed E-state index contributed by atoms with van der Waals surface area (Å²) in [6.45, 7) is 6.48. The Balaban J connectivity index is 1.74. The summed E-state index contributed by atoms with van der Waals surface area (Å²) in [5, 5.41) is 6.02. The Hall–Kier alpha value is -2.90. The van der Waals surface area contributed by atoms with Gasteiger partial charge >= 0.3 is 6.03 Å². The van der Waals surface area contributed by atoms with Crippen molar-refractivity contribution in [2.24, 2.45) is 5.41 Å². The largest absolute Gasteiger partial charge is 0.326 e. The highest BCUT2D eigenvalue weighted by molar-refractivity contribution is 6.35. The Labute approximate surface area is 196 Å². The van der Waals surface area contributed by atoms with E-state index in [1.54, 1.807) is 45.0 Å². The van der Waals surface area contributed by atoms with Crippen molar-refractivity contribution < 1.29 is 19.2 Å². The van der Waals surface area contributed by atoms with E-state index in [4.69, 9.17) is 23.2 Å². The maximum absolute atomic E-state index is 13.1. The standard InChI is InChI=1S/C23H23Cl2N3O4/c1-22(2,3)19(30)26-15-8-5-13(6-9-15)18(29)12-28-20(31)23(4,27-21(28)32)16-10-7-14(24)11-17(16)25/h5-11H,12H2,1-4H3,(H,26,30)(H,27,32)/t23-/m1/s1. The summed E-state index contributed by atoms with van der Waals surface area (Å²) in [4.78, 5) is 51.3. The highest BCUT2D eigenvalue weighted by atomic mass is 35.5. The summed E-state index contributed by atoms with van der Waals surface area (Å²) in [6.07, 6.45) is 0. The molecule has 0 spiro atoms. The van der Waals surface area contributed by atoms with Crippen LogP contribution in [-0.4, -0.2) is 35.1 Å². The Morgan fingerprint density at radius 3 is 2.25 bits per heavy atom. The summed E-state index contributed by atoms with van der Waals surface area (Å²) >= 11 is 12.2. The quantitative estimate of drug-likeness (QED) is 0.486. The van der Waals surface area contributed by atoms with Crippen LogP contribution in [0.2, 0.25) is 10.0 Å². The number of nitrogens with one attached hydrogen (secondary N) is 2. The average molecular weight is 476 g/mol. The number of amides is 4. The molecule has 7 nitrogen and oxygen atoms in total. The lowest BCUT2D eigenvalue weighted by Gasteiger charge is -2.23. The van der Waals surface area contributed by atoms with Gasteiger partial charge in [0.05, 0.1) is 6.54 Å². The molecule has 168 valence electrons. The summed E-state index contributed by atoms with van der Waals surface area (Å²) in [7, 11) is 0. The zero-order valence-corrected chi connectivity index (χ0v) is 19.6. The average Bonchev–Trinajstić information content (AvgIpc) is 2.91. The molecule has 0 bridgehead atoms. The number of Topliss-reactive ketones (excluding diaryl/α,β-unsaturated/α-hetero) is 1. The second-order valence-electron chi connectivity index (χ2n) is 8.78. The van der Waals surface area contributed by atoms with Crippen LogP contribution in [0.25, 0.3) is 0 Å². The highest BCUT2D eigenvalue weighted by Gasteiger charge is 2.50. The molecule has 0 radical (unpaired) electrons. The van der Waals surface area contributed by atoms with Crippen LogP contribution in [0.4, 0.5) is 10.5 Å². The van der Waals surface area contributed by atoms with E-state index in [9.17, 15) is 19.2 Å². The molecule has 9 heteroatoms. The lowest BCUT2D eigenvalue weighted by Crippen LogP contribution is -2.41. The van der Waals surface area contributed by atoms with E-state index in [1.165, 1.54) is 25.1 Å². The predicted octanol–water partition coefficient (Wildman–Crippen LogP) is 4.63. The van der Waals surface area contributed by atoms with E-state index >= 15 is 0 Å². The Bertz CT molecular complexity index is 1110. The molecule has 1 heterocycles. The first-order chi connectivity index (χ1) is 14.8. The van der Waals surface area contributed by atoms with Crippen LogP contribution >= 0.6 is 23.2 Å². The molecule has 2 aromatic carbocycles. The number of carbonyl (C=O) groups is 4. The van der Waals surface area contributed by atoms with E-state index in [2.05, 4.69) is 10.6 Å². The molecule has 4 amide bonds. The molecular formula is C23H23Cl2N3O4. The molecular weight excluding hydrogens is 453 g/mol.